The maximum absolute atomic E-state index is 13.5. The van der Waals surface area contributed by atoms with Crippen molar-refractivity contribution in [3.05, 3.63) is 47.9 Å². The number of carbonyl (C=O) groups excluding carboxylic acids is 2. The SMILES string of the molecule is COc1ccc(C2CCCN2C(=O)C2CCCN(C(=O)c3ccco3)C2)c(OC)c1. The summed E-state index contributed by atoms with van der Waals surface area (Å²) < 4.78 is 16.1. The number of hydrogen-bond donors (Lipinski definition) is 0. The highest BCUT2D eigenvalue weighted by atomic mass is 16.5. The maximum Gasteiger partial charge on any atom is 0.289 e. The predicted octanol–water partition coefficient (Wildman–Crippen LogP) is 3.51. The number of carbonyl (C=O) groups is 2. The predicted molar refractivity (Wildman–Crippen MR) is 111 cm³/mol. The first-order valence-electron chi connectivity index (χ1n) is 10.5. The minimum absolute atomic E-state index is 0.0190. The number of hydrogen-bond acceptors (Lipinski definition) is 5. The van der Waals surface area contributed by atoms with Crippen molar-refractivity contribution in [1.29, 1.82) is 0 Å². The molecule has 7 nitrogen and oxygen atoms in total. The van der Waals surface area contributed by atoms with E-state index in [4.69, 9.17) is 13.9 Å². The van der Waals surface area contributed by atoms with Crippen LogP contribution < -0.4 is 9.47 Å². The van der Waals surface area contributed by atoms with Gasteiger partial charge in [0.2, 0.25) is 5.91 Å². The van der Waals surface area contributed by atoms with Gasteiger partial charge in [0.15, 0.2) is 5.76 Å². The fraction of sp³-hybridized carbons (Fsp3) is 0.478. The topological polar surface area (TPSA) is 72.2 Å². The Balaban J connectivity index is 1.50. The van der Waals surface area contributed by atoms with Crippen LogP contribution in [0.15, 0.2) is 41.0 Å². The van der Waals surface area contributed by atoms with Crippen LogP contribution in [0.5, 0.6) is 11.5 Å². The van der Waals surface area contributed by atoms with Crippen LogP contribution in [0.25, 0.3) is 0 Å². The Morgan fingerprint density at radius 1 is 1.07 bits per heavy atom. The molecule has 1 aromatic carbocycles. The number of furan rings is 1. The minimum Gasteiger partial charge on any atom is -0.497 e. The average Bonchev–Trinajstić information content (AvgIpc) is 3.50. The van der Waals surface area contributed by atoms with E-state index >= 15 is 0 Å². The number of methoxy groups -OCH3 is 2. The molecule has 0 aliphatic carbocycles. The lowest BCUT2D eigenvalue weighted by Gasteiger charge is -2.35. The lowest BCUT2D eigenvalue weighted by Crippen LogP contribution is -2.46. The number of amides is 2. The Hall–Kier alpha value is -2.96. The van der Waals surface area contributed by atoms with Gasteiger partial charge < -0.3 is 23.7 Å². The molecule has 0 radical (unpaired) electrons. The minimum atomic E-state index is -0.192. The molecular formula is C23H28N2O5. The quantitative estimate of drug-likeness (QED) is 0.751. The van der Waals surface area contributed by atoms with Gasteiger partial charge in [-0.3, -0.25) is 9.59 Å². The molecule has 160 valence electrons. The number of ether oxygens (including phenoxy) is 2. The molecule has 2 atom stereocenters. The monoisotopic (exact) mass is 412 g/mol. The van der Waals surface area contributed by atoms with Crippen LogP contribution in [0.2, 0.25) is 0 Å². The van der Waals surface area contributed by atoms with Gasteiger partial charge in [0, 0.05) is 31.3 Å². The Labute approximate surface area is 176 Å². The fourth-order valence-corrected chi connectivity index (χ4v) is 4.60. The first-order valence-corrected chi connectivity index (χ1v) is 10.5. The summed E-state index contributed by atoms with van der Waals surface area (Å²) in [6.45, 7) is 1.81. The molecular weight excluding hydrogens is 384 g/mol. The summed E-state index contributed by atoms with van der Waals surface area (Å²) in [5.74, 6) is 1.57. The molecule has 3 heterocycles. The highest BCUT2D eigenvalue weighted by Crippen LogP contribution is 2.40. The van der Waals surface area contributed by atoms with E-state index in [1.807, 2.05) is 23.1 Å². The summed E-state index contributed by atoms with van der Waals surface area (Å²) in [5.41, 5.74) is 1.00. The highest BCUT2D eigenvalue weighted by Gasteiger charge is 2.38. The van der Waals surface area contributed by atoms with Crippen molar-refractivity contribution in [3.8, 4) is 11.5 Å². The van der Waals surface area contributed by atoms with E-state index in [9.17, 15) is 9.59 Å². The second kappa shape index (κ2) is 8.81. The van der Waals surface area contributed by atoms with Crippen LogP contribution in [0.4, 0.5) is 0 Å². The zero-order valence-electron chi connectivity index (χ0n) is 17.5. The van der Waals surface area contributed by atoms with Gasteiger partial charge in [-0.05, 0) is 49.9 Å². The van der Waals surface area contributed by atoms with E-state index in [2.05, 4.69) is 0 Å². The van der Waals surface area contributed by atoms with Gasteiger partial charge in [0.25, 0.3) is 5.91 Å². The summed E-state index contributed by atoms with van der Waals surface area (Å²) in [5, 5.41) is 0. The second-order valence-electron chi connectivity index (χ2n) is 7.87. The summed E-state index contributed by atoms with van der Waals surface area (Å²) in [6.07, 6.45) is 4.96. The lowest BCUT2D eigenvalue weighted by atomic mass is 9.95. The largest absolute Gasteiger partial charge is 0.497 e. The molecule has 0 saturated carbocycles. The maximum atomic E-state index is 13.5. The molecule has 2 unspecified atom stereocenters. The molecule has 2 aliphatic heterocycles. The highest BCUT2D eigenvalue weighted by molar-refractivity contribution is 5.92. The van der Waals surface area contributed by atoms with E-state index in [0.29, 0.717) is 18.8 Å². The zero-order chi connectivity index (χ0) is 21.1. The van der Waals surface area contributed by atoms with E-state index < -0.39 is 0 Å². The molecule has 4 rings (SSSR count). The van der Waals surface area contributed by atoms with Gasteiger partial charge in [0.05, 0.1) is 32.4 Å². The summed E-state index contributed by atoms with van der Waals surface area (Å²) in [4.78, 5) is 29.8. The van der Waals surface area contributed by atoms with Crippen LogP contribution in [0.1, 0.15) is 47.8 Å². The Kier molecular flexibility index (Phi) is 5.97. The van der Waals surface area contributed by atoms with E-state index in [0.717, 1.165) is 49.3 Å². The van der Waals surface area contributed by atoms with Crippen LogP contribution in [0, 0.1) is 5.92 Å². The van der Waals surface area contributed by atoms with Crippen molar-refractivity contribution >= 4 is 11.8 Å². The molecule has 0 spiro atoms. The van der Waals surface area contributed by atoms with Crippen molar-refractivity contribution in [1.82, 2.24) is 9.80 Å². The zero-order valence-corrected chi connectivity index (χ0v) is 17.5. The van der Waals surface area contributed by atoms with Gasteiger partial charge in [-0.25, -0.2) is 0 Å². The first-order chi connectivity index (χ1) is 14.6. The summed E-state index contributed by atoms with van der Waals surface area (Å²) in [6, 6.07) is 9.11. The van der Waals surface area contributed by atoms with Crippen molar-refractivity contribution in [2.75, 3.05) is 33.9 Å². The summed E-state index contributed by atoms with van der Waals surface area (Å²) in [7, 11) is 3.26. The molecule has 0 bridgehead atoms. The van der Waals surface area contributed by atoms with Gasteiger partial charge in [-0.1, -0.05) is 0 Å². The number of rotatable bonds is 5. The molecule has 2 fully saturated rings. The molecule has 2 aromatic rings. The number of benzene rings is 1. The van der Waals surface area contributed by atoms with Crippen molar-refractivity contribution < 1.29 is 23.5 Å². The molecule has 7 heteroatoms. The molecule has 2 amide bonds. The number of piperidine rings is 1. The van der Waals surface area contributed by atoms with Crippen LogP contribution in [0.3, 0.4) is 0 Å². The smallest absolute Gasteiger partial charge is 0.289 e. The number of likely N-dealkylation sites (tertiary alicyclic amines) is 2. The van der Waals surface area contributed by atoms with E-state index in [-0.39, 0.29) is 23.8 Å². The third-order valence-corrected chi connectivity index (χ3v) is 6.13. The first kappa shape index (κ1) is 20.3. The standard InChI is InChI=1S/C23H28N2O5/c1-28-17-9-10-18(21(14-17)29-2)19-7-4-12-25(19)22(26)16-6-3-11-24(15-16)23(27)20-8-5-13-30-20/h5,8-10,13-14,16,19H,3-4,6-7,11-12,15H2,1-2H3. The molecule has 30 heavy (non-hydrogen) atoms. The van der Waals surface area contributed by atoms with Gasteiger partial charge in [-0.2, -0.15) is 0 Å². The second-order valence-corrected chi connectivity index (χ2v) is 7.87. The van der Waals surface area contributed by atoms with E-state index in [1.54, 1.807) is 31.3 Å². The Morgan fingerprint density at radius 3 is 2.63 bits per heavy atom. The van der Waals surface area contributed by atoms with Gasteiger partial charge in [-0.15, -0.1) is 0 Å². The summed E-state index contributed by atoms with van der Waals surface area (Å²) >= 11 is 0. The molecule has 2 aliphatic rings. The van der Waals surface area contributed by atoms with Crippen LogP contribution in [-0.4, -0.2) is 55.5 Å². The Bertz CT molecular complexity index is 895. The van der Waals surface area contributed by atoms with Crippen molar-refractivity contribution in [2.45, 2.75) is 31.7 Å². The van der Waals surface area contributed by atoms with Crippen LogP contribution >= 0.6 is 0 Å². The van der Waals surface area contributed by atoms with Crippen molar-refractivity contribution in [3.63, 3.8) is 0 Å². The average molecular weight is 412 g/mol. The normalized spacial score (nSPS) is 21.5. The van der Waals surface area contributed by atoms with Gasteiger partial charge in [0.1, 0.15) is 11.5 Å². The van der Waals surface area contributed by atoms with E-state index in [1.165, 1.54) is 6.26 Å². The lowest BCUT2D eigenvalue weighted by molar-refractivity contribution is -0.138. The van der Waals surface area contributed by atoms with Gasteiger partial charge >= 0.3 is 0 Å². The molecule has 2 saturated heterocycles. The third kappa shape index (κ3) is 3.88. The molecule has 0 N–H and O–H groups in total. The van der Waals surface area contributed by atoms with Crippen LogP contribution in [-0.2, 0) is 4.79 Å². The Morgan fingerprint density at radius 2 is 1.90 bits per heavy atom. The molecule has 1 aromatic heterocycles. The fourth-order valence-electron chi connectivity index (χ4n) is 4.60. The number of nitrogens with zero attached hydrogens (tertiary/aromatic N) is 2. The third-order valence-electron chi connectivity index (χ3n) is 6.13. The van der Waals surface area contributed by atoms with Crippen molar-refractivity contribution in [2.24, 2.45) is 5.92 Å².